The SMILES string of the molecule is COc1ccc(CN2CCC3(C2)c2ccccc2S(=O)(=O)N3C)cc1C. The van der Waals surface area contributed by atoms with E-state index < -0.39 is 15.6 Å². The maximum Gasteiger partial charge on any atom is 0.244 e. The molecule has 0 N–H and O–H groups in total. The molecule has 1 atom stereocenters. The smallest absolute Gasteiger partial charge is 0.244 e. The molecule has 1 spiro atoms. The van der Waals surface area contributed by atoms with Crippen LogP contribution in [0.25, 0.3) is 0 Å². The Hall–Kier alpha value is -1.89. The van der Waals surface area contributed by atoms with Crippen LogP contribution in [0.4, 0.5) is 0 Å². The molecule has 1 unspecified atom stereocenters. The molecule has 0 bridgehead atoms. The fraction of sp³-hybridized carbons (Fsp3) is 0.400. The molecule has 5 nitrogen and oxygen atoms in total. The average molecular weight is 372 g/mol. The van der Waals surface area contributed by atoms with Crippen LogP contribution < -0.4 is 4.74 Å². The van der Waals surface area contributed by atoms with Crippen molar-refractivity contribution < 1.29 is 13.2 Å². The van der Waals surface area contributed by atoms with Gasteiger partial charge in [0.25, 0.3) is 0 Å². The van der Waals surface area contributed by atoms with E-state index >= 15 is 0 Å². The van der Waals surface area contributed by atoms with Crippen LogP contribution in [0.2, 0.25) is 0 Å². The molecule has 2 aliphatic rings. The van der Waals surface area contributed by atoms with Crippen molar-refractivity contribution in [2.45, 2.75) is 30.3 Å². The topological polar surface area (TPSA) is 49.9 Å². The zero-order valence-corrected chi connectivity index (χ0v) is 16.2. The van der Waals surface area contributed by atoms with E-state index in [0.717, 1.165) is 36.4 Å². The summed E-state index contributed by atoms with van der Waals surface area (Å²) in [7, 11) is 0.00123. The van der Waals surface area contributed by atoms with Crippen LogP contribution in [0.5, 0.6) is 5.75 Å². The molecule has 0 aliphatic carbocycles. The standard InChI is InChI=1S/C20H24N2O3S/c1-15-12-16(8-9-18(15)25-3)13-22-11-10-20(14-22)17-6-4-5-7-19(17)26(23,24)21(20)2/h4-9,12H,10-11,13-14H2,1-3H3. The number of hydrogen-bond donors (Lipinski definition) is 0. The minimum atomic E-state index is -3.40. The molecular weight excluding hydrogens is 348 g/mol. The monoisotopic (exact) mass is 372 g/mol. The van der Waals surface area contributed by atoms with Gasteiger partial charge in [-0.3, -0.25) is 4.90 Å². The summed E-state index contributed by atoms with van der Waals surface area (Å²) in [4.78, 5) is 2.81. The fourth-order valence-electron chi connectivity index (χ4n) is 4.40. The van der Waals surface area contributed by atoms with E-state index in [4.69, 9.17) is 4.74 Å². The Balaban J connectivity index is 1.62. The van der Waals surface area contributed by atoms with Gasteiger partial charge < -0.3 is 4.74 Å². The Bertz CT molecular complexity index is 957. The number of hydrogen-bond acceptors (Lipinski definition) is 4. The fourth-order valence-corrected chi connectivity index (χ4v) is 6.19. The molecule has 4 rings (SSSR count). The highest BCUT2D eigenvalue weighted by molar-refractivity contribution is 7.89. The number of methoxy groups -OCH3 is 1. The van der Waals surface area contributed by atoms with E-state index in [1.165, 1.54) is 5.56 Å². The number of likely N-dealkylation sites (N-methyl/N-ethyl adjacent to an activating group) is 1. The average Bonchev–Trinajstić information content (AvgIpc) is 3.11. The van der Waals surface area contributed by atoms with Crippen LogP contribution in [-0.2, 0) is 22.1 Å². The Kier molecular flexibility index (Phi) is 4.10. The van der Waals surface area contributed by atoms with Crippen molar-refractivity contribution >= 4 is 10.0 Å². The van der Waals surface area contributed by atoms with Crippen molar-refractivity contribution in [2.75, 3.05) is 27.2 Å². The second-order valence-corrected chi connectivity index (χ2v) is 9.20. The van der Waals surface area contributed by atoms with Crippen LogP contribution in [0.1, 0.15) is 23.1 Å². The molecule has 26 heavy (non-hydrogen) atoms. The predicted octanol–water partition coefficient (Wildman–Crippen LogP) is 2.74. The minimum Gasteiger partial charge on any atom is -0.496 e. The van der Waals surface area contributed by atoms with E-state index in [9.17, 15) is 8.42 Å². The van der Waals surface area contributed by atoms with Gasteiger partial charge in [-0.1, -0.05) is 30.3 Å². The Morgan fingerprint density at radius 3 is 2.69 bits per heavy atom. The van der Waals surface area contributed by atoms with Crippen LogP contribution in [-0.4, -0.2) is 44.9 Å². The van der Waals surface area contributed by atoms with E-state index in [1.807, 2.05) is 25.1 Å². The highest BCUT2D eigenvalue weighted by Gasteiger charge is 2.54. The number of rotatable bonds is 3. The molecule has 0 amide bonds. The normalized spacial score (nSPS) is 24.9. The molecule has 2 aromatic rings. The quantitative estimate of drug-likeness (QED) is 0.831. The Labute approximate surface area is 155 Å². The van der Waals surface area contributed by atoms with E-state index in [0.29, 0.717) is 11.4 Å². The van der Waals surface area contributed by atoms with Gasteiger partial charge in [0.15, 0.2) is 0 Å². The first-order valence-corrected chi connectivity index (χ1v) is 10.3. The number of likely N-dealkylation sites (tertiary alicyclic amines) is 1. The second-order valence-electron chi connectivity index (χ2n) is 7.26. The summed E-state index contributed by atoms with van der Waals surface area (Å²) in [5.41, 5.74) is 2.83. The van der Waals surface area contributed by atoms with Crippen molar-refractivity contribution in [3.8, 4) is 5.75 Å². The van der Waals surface area contributed by atoms with Gasteiger partial charge in [0, 0.05) is 26.7 Å². The first-order valence-electron chi connectivity index (χ1n) is 8.83. The third kappa shape index (κ3) is 2.47. The van der Waals surface area contributed by atoms with Crippen molar-refractivity contribution in [1.29, 1.82) is 0 Å². The number of sulfonamides is 1. The molecule has 2 heterocycles. The lowest BCUT2D eigenvalue weighted by Gasteiger charge is -2.31. The van der Waals surface area contributed by atoms with Gasteiger partial charge >= 0.3 is 0 Å². The minimum absolute atomic E-state index is 0.447. The third-order valence-corrected chi connectivity index (χ3v) is 7.80. The summed E-state index contributed by atoms with van der Waals surface area (Å²) < 4.78 is 32.6. The summed E-state index contributed by atoms with van der Waals surface area (Å²) in [6, 6.07) is 13.7. The summed E-state index contributed by atoms with van der Waals surface area (Å²) in [5, 5.41) is 0. The number of nitrogens with zero attached hydrogens (tertiary/aromatic N) is 2. The molecule has 0 radical (unpaired) electrons. The van der Waals surface area contributed by atoms with Gasteiger partial charge in [0.2, 0.25) is 10.0 Å². The molecular formula is C20H24N2O3S. The molecule has 1 saturated heterocycles. The molecule has 0 aromatic heterocycles. The van der Waals surface area contributed by atoms with Crippen LogP contribution in [0, 0.1) is 6.92 Å². The molecule has 1 fully saturated rings. The van der Waals surface area contributed by atoms with Crippen molar-refractivity contribution in [1.82, 2.24) is 9.21 Å². The summed E-state index contributed by atoms with van der Waals surface area (Å²) in [6.45, 7) is 4.44. The lowest BCUT2D eigenvalue weighted by molar-refractivity contribution is 0.217. The second kappa shape index (κ2) is 6.08. The first-order chi connectivity index (χ1) is 12.4. The number of aryl methyl sites for hydroxylation is 1. The molecule has 0 saturated carbocycles. The van der Waals surface area contributed by atoms with Crippen LogP contribution >= 0.6 is 0 Å². The summed E-state index contributed by atoms with van der Waals surface area (Å²) in [6.07, 6.45) is 0.814. The lowest BCUT2D eigenvalue weighted by atomic mass is 9.89. The lowest BCUT2D eigenvalue weighted by Crippen LogP contribution is -2.43. The zero-order chi connectivity index (χ0) is 18.5. The zero-order valence-electron chi connectivity index (χ0n) is 15.4. The highest BCUT2D eigenvalue weighted by Crippen LogP contribution is 2.48. The predicted molar refractivity (Wildman–Crippen MR) is 101 cm³/mol. The van der Waals surface area contributed by atoms with Gasteiger partial charge in [-0.15, -0.1) is 0 Å². The summed E-state index contributed by atoms with van der Waals surface area (Å²) >= 11 is 0. The molecule has 2 aliphatic heterocycles. The van der Waals surface area contributed by atoms with Crippen LogP contribution in [0.3, 0.4) is 0 Å². The molecule has 6 heteroatoms. The first kappa shape index (κ1) is 17.5. The van der Waals surface area contributed by atoms with Gasteiger partial charge in [0.1, 0.15) is 5.75 Å². The largest absolute Gasteiger partial charge is 0.496 e. The van der Waals surface area contributed by atoms with Gasteiger partial charge in [-0.25, -0.2) is 8.42 Å². The molecule has 138 valence electrons. The Morgan fingerprint density at radius 1 is 1.19 bits per heavy atom. The molecule has 2 aromatic carbocycles. The van der Waals surface area contributed by atoms with Crippen LogP contribution in [0.15, 0.2) is 47.4 Å². The van der Waals surface area contributed by atoms with E-state index in [1.54, 1.807) is 30.6 Å². The maximum atomic E-state index is 12.8. The van der Waals surface area contributed by atoms with Gasteiger partial charge in [-0.2, -0.15) is 4.31 Å². The van der Waals surface area contributed by atoms with E-state index in [2.05, 4.69) is 17.0 Å². The number of benzene rings is 2. The third-order valence-electron chi connectivity index (χ3n) is 5.82. The van der Waals surface area contributed by atoms with Gasteiger partial charge in [0.05, 0.1) is 17.5 Å². The van der Waals surface area contributed by atoms with Crippen molar-refractivity contribution in [2.24, 2.45) is 0 Å². The summed E-state index contributed by atoms with van der Waals surface area (Å²) in [5.74, 6) is 0.891. The van der Waals surface area contributed by atoms with E-state index in [-0.39, 0.29) is 0 Å². The number of fused-ring (bicyclic) bond motifs is 2. The van der Waals surface area contributed by atoms with Gasteiger partial charge in [-0.05, 0) is 42.2 Å². The number of ether oxygens (including phenoxy) is 1. The highest BCUT2D eigenvalue weighted by atomic mass is 32.2. The van der Waals surface area contributed by atoms with Crippen molar-refractivity contribution in [3.05, 3.63) is 59.2 Å². The van der Waals surface area contributed by atoms with Crippen molar-refractivity contribution in [3.63, 3.8) is 0 Å². The maximum absolute atomic E-state index is 12.8. The Morgan fingerprint density at radius 2 is 1.96 bits per heavy atom.